The van der Waals surface area contributed by atoms with Gasteiger partial charge in [-0.15, -0.1) is 0 Å². The molecule has 1 aliphatic rings. The second kappa shape index (κ2) is 11.3. The number of aliphatic hydroxyl groups is 1. The van der Waals surface area contributed by atoms with E-state index in [1.807, 2.05) is 18.2 Å². The van der Waals surface area contributed by atoms with Crippen LogP contribution >= 0.6 is 0 Å². The summed E-state index contributed by atoms with van der Waals surface area (Å²) in [5.41, 5.74) is 2.38. The van der Waals surface area contributed by atoms with Crippen molar-refractivity contribution in [1.82, 2.24) is 0 Å². The van der Waals surface area contributed by atoms with Gasteiger partial charge >= 0.3 is 0 Å². The highest BCUT2D eigenvalue weighted by Gasteiger charge is 2.31. The molecule has 2 aromatic rings. The Bertz CT molecular complexity index is 748. The third-order valence-corrected chi connectivity index (χ3v) is 5.60. The molecular weight excluding hydrogens is 390 g/mol. The van der Waals surface area contributed by atoms with Crippen LogP contribution in [0.25, 0.3) is 0 Å². The van der Waals surface area contributed by atoms with Crippen molar-refractivity contribution in [3.63, 3.8) is 0 Å². The predicted octanol–water partition coefficient (Wildman–Crippen LogP) is -1.09. The first kappa shape index (κ1) is 23.3. The molecule has 1 unspecified atom stereocenters. The Morgan fingerprint density at radius 1 is 1.03 bits per heavy atom. The van der Waals surface area contributed by atoms with E-state index >= 15 is 0 Å². The van der Waals surface area contributed by atoms with Gasteiger partial charge in [-0.3, -0.25) is 0 Å². The SMILES string of the molecule is COc1cc(CCc2ccccc2OCC[C@@H]2C[C@@H](O)C[NH+]2C)cc(OC)c1.[Cl-]. The number of nitrogens with one attached hydrogen (secondary N) is 1. The van der Waals surface area contributed by atoms with Gasteiger partial charge in [0.2, 0.25) is 0 Å². The van der Waals surface area contributed by atoms with Gasteiger partial charge in [-0.25, -0.2) is 0 Å². The number of methoxy groups -OCH3 is 2. The van der Waals surface area contributed by atoms with Crippen LogP contribution in [-0.4, -0.2) is 51.7 Å². The van der Waals surface area contributed by atoms with Gasteiger partial charge in [0, 0.05) is 18.9 Å². The van der Waals surface area contributed by atoms with Crippen molar-refractivity contribution in [1.29, 1.82) is 0 Å². The third kappa shape index (κ3) is 6.53. The van der Waals surface area contributed by atoms with E-state index in [0.717, 1.165) is 49.5 Å². The molecule has 0 aromatic heterocycles. The fraction of sp³-hybridized carbons (Fsp3) is 0.478. The number of aliphatic hydroxyl groups excluding tert-OH is 1. The molecule has 1 saturated heterocycles. The molecule has 0 aliphatic carbocycles. The van der Waals surface area contributed by atoms with Crippen molar-refractivity contribution in [3.8, 4) is 17.2 Å². The number of halogens is 1. The molecule has 2 N–H and O–H groups in total. The summed E-state index contributed by atoms with van der Waals surface area (Å²) in [4.78, 5) is 1.40. The Kier molecular flexibility index (Phi) is 9.08. The molecule has 3 rings (SSSR count). The van der Waals surface area contributed by atoms with Gasteiger partial charge < -0.3 is 36.6 Å². The number of rotatable bonds is 9. The van der Waals surface area contributed by atoms with E-state index in [9.17, 15) is 5.11 Å². The number of benzene rings is 2. The van der Waals surface area contributed by atoms with Crippen molar-refractivity contribution >= 4 is 0 Å². The standard InChI is InChI=1S/C23H31NO4.ClH/c1-24-16-20(25)14-19(24)10-11-28-23-7-5-4-6-18(23)9-8-17-12-21(26-2)15-22(13-17)27-3;/h4-7,12-13,15,19-20,25H,8-11,14,16H2,1-3H3;1H/t19-,20-;/m1./s1. The van der Waals surface area contributed by atoms with Crippen LogP contribution in [0.2, 0.25) is 0 Å². The van der Waals surface area contributed by atoms with Crippen molar-refractivity contribution in [2.45, 2.75) is 37.8 Å². The first-order valence-electron chi connectivity index (χ1n) is 10.0. The molecule has 2 aromatic carbocycles. The van der Waals surface area contributed by atoms with Crippen LogP contribution in [0.15, 0.2) is 42.5 Å². The smallest absolute Gasteiger partial charge is 0.122 e. The lowest BCUT2D eigenvalue weighted by atomic mass is 10.0. The number of ether oxygens (including phenoxy) is 3. The lowest BCUT2D eigenvalue weighted by Gasteiger charge is -2.17. The normalized spacial score (nSPS) is 20.8. The Labute approximate surface area is 180 Å². The summed E-state index contributed by atoms with van der Waals surface area (Å²) in [6.45, 7) is 1.52. The minimum atomic E-state index is -0.169. The molecule has 0 spiro atoms. The molecule has 0 saturated carbocycles. The van der Waals surface area contributed by atoms with E-state index in [1.54, 1.807) is 14.2 Å². The van der Waals surface area contributed by atoms with E-state index < -0.39 is 0 Å². The Morgan fingerprint density at radius 2 is 1.72 bits per heavy atom. The van der Waals surface area contributed by atoms with Gasteiger partial charge in [0.15, 0.2) is 0 Å². The largest absolute Gasteiger partial charge is 1.00 e. The van der Waals surface area contributed by atoms with Crippen LogP contribution in [0.3, 0.4) is 0 Å². The fourth-order valence-corrected chi connectivity index (χ4v) is 3.97. The summed E-state index contributed by atoms with van der Waals surface area (Å²) in [5.74, 6) is 2.57. The zero-order valence-corrected chi connectivity index (χ0v) is 18.2. The van der Waals surface area contributed by atoms with Gasteiger partial charge in [-0.2, -0.15) is 0 Å². The first-order chi connectivity index (χ1) is 13.6. The second-order valence-corrected chi connectivity index (χ2v) is 7.60. The molecule has 1 heterocycles. The molecule has 6 heteroatoms. The van der Waals surface area contributed by atoms with Gasteiger partial charge in [0.25, 0.3) is 0 Å². The molecule has 1 fully saturated rings. The van der Waals surface area contributed by atoms with Crippen LogP contribution in [0, 0.1) is 0 Å². The van der Waals surface area contributed by atoms with Crippen LogP contribution in [0.4, 0.5) is 0 Å². The van der Waals surface area contributed by atoms with E-state index in [0.29, 0.717) is 12.6 Å². The number of aryl methyl sites for hydroxylation is 2. The van der Waals surface area contributed by atoms with Crippen molar-refractivity contribution in [3.05, 3.63) is 53.6 Å². The van der Waals surface area contributed by atoms with E-state index in [2.05, 4.69) is 31.3 Å². The summed E-state index contributed by atoms with van der Waals surface area (Å²) in [7, 11) is 5.49. The quantitative estimate of drug-likeness (QED) is 0.540. The number of likely N-dealkylation sites (tertiary alicyclic amines) is 1. The number of hydrogen-bond donors (Lipinski definition) is 2. The number of quaternary nitrogens is 1. The average molecular weight is 422 g/mol. The fourth-order valence-electron chi connectivity index (χ4n) is 3.97. The summed E-state index contributed by atoms with van der Waals surface area (Å²) in [6, 6.07) is 14.7. The Morgan fingerprint density at radius 3 is 2.34 bits per heavy atom. The lowest BCUT2D eigenvalue weighted by molar-refractivity contribution is -0.893. The van der Waals surface area contributed by atoms with E-state index in [4.69, 9.17) is 14.2 Å². The molecule has 5 nitrogen and oxygen atoms in total. The molecule has 0 radical (unpaired) electrons. The predicted molar refractivity (Wildman–Crippen MR) is 110 cm³/mol. The highest BCUT2D eigenvalue weighted by Crippen LogP contribution is 2.25. The molecular formula is C23H32ClNO4. The molecule has 29 heavy (non-hydrogen) atoms. The minimum absolute atomic E-state index is 0. The van der Waals surface area contributed by atoms with Gasteiger partial charge in [0.05, 0.1) is 33.9 Å². The summed E-state index contributed by atoms with van der Waals surface area (Å²) in [6.07, 6.45) is 3.44. The maximum absolute atomic E-state index is 9.80. The Balaban J connectivity index is 0.00000300. The van der Waals surface area contributed by atoms with Gasteiger partial charge in [-0.1, -0.05) is 18.2 Å². The van der Waals surface area contributed by atoms with Crippen molar-refractivity contribution in [2.24, 2.45) is 0 Å². The summed E-state index contributed by atoms with van der Waals surface area (Å²) < 4.78 is 16.8. The monoisotopic (exact) mass is 421 g/mol. The van der Waals surface area contributed by atoms with Gasteiger partial charge in [-0.05, 0) is 42.2 Å². The van der Waals surface area contributed by atoms with Crippen LogP contribution in [0.1, 0.15) is 24.0 Å². The highest BCUT2D eigenvalue weighted by molar-refractivity contribution is 5.40. The maximum atomic E-state index is 9.80. The zero-order valence-electron chi connectivity index (χ0n) is 17.5. The second-order valence-electron chi connectivity index (χ2n) is 7.60. The third-order valence-electron chi connectivity index (χ3n) is 5.60. The van der Waals surface area contributed by atoms with Gasteiger partial charge in [0.1, 0.15) is 29.9 Å². The highest BCUT2D eigenvalue weighted by atomic mass is 35.5. The lowest BCUT2D eigenvalue weighted by Crippen LogP contribution is -3.11. The van der Waals surface area contributed by atoms with Crippen LogP contribution in [0.5, 0.6) is 17.2 Å². The molecule has 160 valence electrons. The zero-order chi connectivity index (χ0) is 19.9. The molecule has 1 aliphatic heterocycles. The molecule has 3 atom stereocenters. The topological polar surface area (TPSA) is 52.4 Å². The van der Waals surface area contributed by atoms with Crippen LogP contribution in [-0.2, 0) is 12.8 Å². The number of likely N-dealkylation sites (N-methyl/N-ethyl adjacent to an activating group) is 1. The summed E-state index contributed by atoms with van der Waals surface area (Å²) >= 11 is 0. The number of para-hydroxylation sites is 1. The minimum Gasteiger partial charge on any atom is -1.00 e. The van der Waals surface area contributed by atoms with E-state index in [1.165, 1.54) is 16.0 Å². The average Bonchev–Trinajstić information content (AvgIpc) is 3.03. The van der Waals surface area contributed by atoms with E-state index in [-0.39, 0.29) is 18.5 Å². The van der Waals surface area contributed by atoms with Crippen molar-refractivity contribution < 1.29 is 36.6 Å². The van der Waals surface area contributed by atoms with Crippen molar-refractivity contribution in [2.75, 3.05) is 34.4 Å². The van der Waals surface area contributed by atoms with Crippen LogP contribution < -0.4 is 31.5 Å². The first-order valence-corrected chi connectivity index (χ1v) is 10.0. The summed E-state index contributed by atoms with van der Waals surface area (Å²) in [5, 5.41) is 9.80. The Hall–Kier alpha value is -1.95. The number of hydrogen-bond acceptors (Lipinski definition) is 4. The molecule has 0 bridgehead atoms. The molecule has 0 amide bonds. The maximum Gasteiger partial charge on any atom is 0.122 e.